The maximum Gasteiger partial charge on any atom is 0.339 e. The van der Waals surface area contributed by atoms with E-state index in [-0.39, 0.29) is 5.75 Å². The smallest absolute Gasteiger partial charge is 0.339 e. The zero-order chi connectivity index (χ0) is 15.2. The number of aromatic hydroxyl groups is 1. The summed E-state index contributed by atoms with van der Waals surface area (Å²) in [7, 11) is 0. The van der Waals surface area contributed by atoms with Crippen molar-refractivity contribution in [2.45, 2.75) is 13.5 Å². The minimum absolute atomic E-state index is 0.167. The van der Waals surface area contributed by atoms with Crippen molar-refractivity contribution in [1.82, 2.24) is 4.98 Å². The van der Waals surface area contributed by atoms with E-state index in [1.165, 1.54) is 6.20 Å². The lowest BCUT2D eigenvalue weighted by Crippen LogP contribution is -2.06. The molecule has 110 valence electrons. The fourth-order valence-electron chi connectivity index (χ4n) is 1.77. The number of rotatable bonds is 5. The van der Waals surface area contributed by atoms with E-state index in [1.807, 2.05) is 0 Å². The minimum atomic E-state index is -0.398. The quantitative estimate of drug-likeness (QED) is 0.443. The molecule has 0 fully saturated rings. The van der Waals surface area contributed by atoms with Crippen LogP contribution in [0.4, 0.5) is 11.5 Å². The lowest BCUT2D eigenvalue weighted by molar-refractivity contribution is 0.0526. The molecule has 1 aromatic heterocycles. The number of anilines is 2. The highest BCUT2D eigenvalue weighted by molar-refractivity contribution is 5.89. The molecule has 6 nitrogen and oxygen atoms in total. The standard InChI is InChI=1S/C15H17N3O3/c1-2-21-15(20)10-3-6-14(17-8-10)18-9-11-7-12(16)4-5-13(11)19/h3-8,19H,2,9,16H2,1H3,(H,17,18). The first-order valence-electron chi connectivity index (χ1n) is 6.54. The van der Waals surface area contributed by atoms with Gasteiger partial charge in [0.1, 0.15) is 11.6 Å². The van der Waals surface area contributed by atoms with Gasteiger partial charge in [-0.1, -0.05) is 0 Å². The van der Waals surface area contributed by atoms with Crippen LogP contribution >= 0.6 is 0 Å². The van der Waals surface area contributed by atoms with Crippen molar-refractivity contribution in [3.63, 3.8) is 0 Å². The number of hydrogen-bond donors (Lipinski definition) is 3. The van der Waals surface area contributed by atoms with E-state index in [1.54, 1.807) is 37.3 Å². The second kappa shape index (κ2) is 6.60. The Balaban J connectivity index is 2.00. The van der Waals surface area contributed by atoms with E-state index in [9.17, 15) is 9.90 Å². The largest absolute Gasteiger partial charge is 0.508 e. The van der Waals surface area contributed by atoms with Crippen LogP contribution in [0.1, 0.15) is 22.8 Å². The summed E-state index contributed by atoms with van der Waals surface area (Å²) in [5.41, 5.74) is 7.32. The number of esters is 1. The van der Waals surface area contributed by atoms with Crippen LogP contribution in [0, 0.1) is 0 Å². The van der Waals surface area contributed by atoms with Crippen molar-refractivity contribution in [3.8, 4) is 5.75 Å². The Bertz CT molecular complexity index is 627. The Labute approximate surface area is 122 Å². The van der Waals surface area contributed by atoms with Crippen LogP contribution in [0.3, 0.4) is 0 Å². The number of benzene rings is 1. The van der Waals surface area contributed by atoms with Gasteiger partial charge in [-0.3, -0.25) is 0 Å². The van der Waals surface area contributed by atoms with Crippen molar-refractivity contribution in [3.05, 3.63) is 47.7 Å². The summed E-state index contributed by atoms with van der Waals surface area (Å²) in [6, 6.07) is 8.17. The molecular formula is C15H17N3O3. The third kappa shape index (κ3) is 3.85. The fraction of sp³-hybridized carbons (Fsp3) is 0.200. The van der Waals surface area contributed by atoms with Crippen molar-refractivity contribution >= 4 is 17.5 Å². The molecular weight excluding hydrogens is 270 g/mol. The number of nitrogen functional groups attached to an aromatic ring is 1. The van der Waals surface area contributed by atoms with E-state index in [4.69, 9.17) is 10.5 Å². The molecule has 6 heteroatoms. The molecule has 0 bridgehead atoms. The highest BCUT2D eigenvalue weighted by Gasteiger charge is 2.07. The van der Waals surface area contributed by atoms with Crippen LogP contribution < -0.4 is 11.1 Å². The van der Waals surface area contributed by atoms with Gasteiger partial charge in [0.05, 0.1) is 12.2 Å². The van der Waals surface area contributed by atoms with Crippen LogP contribution in [0.5, 0.6) is 5.75 Å². The topological polar surface area (TPSA) is 97.5 Å². The number of pyridine rings is 1. The zero-order valence-electron chi connectivity index (χ0n) is 11.7. The molecule has 0 aliphatic heterocycles. The molecule has 1 heterocycles. The summed E-state index contributed by atoms with van der Waals surface area (Å²) in [6.07, 6.45) is 1.44. The predicted octanol–water partition coefficient (Wildman–Crippen LogP) is 2.16. The first kappa shape index (κ1) is 14.6. The van der Waals surface area contributed by atoms with Gasteiger partial charge in [0.15, 0.2) is 0 Å². The van der Waals surface area contributed by atoms with E-state index >= 15 is 0 Å². The molecule has 1 aromatic carbocycles. The molecule has 2 aromatic rings. The molecule has 0 unspecified atom stereocenters. The second-order valence-electron chi connectivity index (χ2n) is 4.39. The first-order valence-corrected chi connectivity index (χ1v) is 6.54. The van der Waals surface area contributed by atoms with Gasteiger partial charge in [0.25, 0.3) is 0 Å². The van der Waals surface area contributed by atoms with Crippen LogP contribution in [0.2, 0.25) is 0 Å². The van der Waals surface area contributed by atoms with Gasteiger partial charge < -0.3 is 20.9 Å². The summed E-state index contributed by atoms with van der Waals surface area (Å²) in [6.45, 7) is 2.45. The molecule has 0 spiro atoms. The maximum absolute atomic E-state index is 11.5. The van der Waals surface area contributed by atoms with Gasteiger partial charge in [-0.15, -0.1) is 0 Å². The van der Waals surface area contributed by atoms with Crippen LogP contribution in [-0.2, 0) is 11.3 Å². The molecule has 2 rings (SSSR count). The molecule has 0 atom stereocenters. The Morgan fingerprint density at radius 1 is 1.38 bits per heavy atom. The fourth-order valence-corrected chi connectivity index (χ4v) is 1.77. The number of ether oxygens (including phenoxy) is 1. The molecule has 0 saturated carbocycles. The third-order valence-corrected chi connectivity index (χ3v) is 2.84. The van der Waals surface area contributed by atoms with Crippen molar-refractivity contribution in [1.29, 1.82) is 0 Å². The minimum Gasteiger partial charge on any atom is -0.508 e. The van der Waals surface area contributed by atoms with Gasteiger partial charge in [-0.2, -0.15) is 0 Å². The van der Waals surface area contributed by atoms with E-state index < -0.39 is 5.97 Å². The van der Waals surface area contributed by atoms with Gasteiger partial charge >= 0.3 is 5.97 Å². The Hall–Kier alpha value is -2.76. The second-order valence-corrected chi connectivity index (χ2v) is 4.39. The zero-order valence-corrected chi connectivity index (χ0v) is 11.7. The van der Waals surface area contributed by atoms with Crippen LogP contribution in [-0.4, -0.2) is 22.7 Å². The number of phenolic OH excluding ortho intramolecular Hbond substituents is 1. The predicted molar refractivity (Wildman–Crippen MR) is 80.0 cm³/mol. The summed E-state index contributed by atoms with van der Waals surface area (Å²) >= 11 is 0. The number of phenols is 1. The van der Waals surface area contributed by atoms with Crippen molar-refractivity contribution in [2.75, 3.05) is 17.7 Å². The van der Waals surface area contributed by atoms with Gasteiger partial charge in [0, 0.05) is 24.0 Å². The summed E-state index contributed by atoms with van der Waals surface area (Å²) in [5, 5.41) is 12.8. The van der Waals surface area contributed by atoms with E-state index in [0.717, 1.165) is 0 Å². The number of nitrogens with zero attached hydrogens (tertiary/aromatic N) is 1. The summed E-state index contributed by atoms with van der Waals surface area (Å²) in [5.74, 6) is 0.356. The molecule has 4 N–H and O–H groups in total. The Morgan fingerprint density at radius 3 is 2.86 bits per heavy atom. The molecule has 0 radical (unpaired) electrons. The molecule has 0 amide bonds. The number of hydrogen-bond acceptors (Lipinski definition) is 6. The summed E-state index contributed by atoms with van der Waals surface area (Å²) < 4.78 is 4.88. The van der Waals surface area contributed by atoms with E-state index in [0.29, 0.717) is 35.8 Å². The number of nitrogens with two attached hydrogens (primary N) is 1. The van der Waals surface area contributed by atoms with Crippen LogP contribution in [0.25, 0.3) is 0 Å². The monoisotopic (exact) mass is 287 g/mol. The SMILES string of the molecule is CCOC(=O)c1ccc(NCc2cc(N)ccc2O)nc1. The van der Waals surface area contributed by atoms with Gasteiger partial charge in [0.2, 0.25) is 0 Å². The number of aromatic nitrogens is 1. The van der Waals surface area contributed by atoms with Crippen LogP contribution in [0.15, 0.2) is 36.5 Å². The average Bonchev–Trinajstić information content (AvgIpc) is 2.49. The molecule has 0 aliphatic rings. The van der Waals surface area contributed by atoms with Gasteiger partial charge in [-0.05, 0) is 37.3 Å². The van der Waals surface area contributed by atoms with E-state index in [2.05, 4.69) is 10.3 Å². The number of carbonyl (C=O) groups is 1. The lowest BCUT2D eigenvalue weighted by atomic mass is 10.2. The molecule has 0 aliphatic carbocycles. The highest BCUT2D eigenvalue weighted by Crippen LogP contribution is 2.20. The molecule has 21 heavy (non-hydrogen) atoms. The average molecular weight is 287 g/mol. The van der Waals surface area contributed by atoms with Gasteiger partial charge in [-0.25, -0.2) is 9.78 Å². The normalized spacial score (nSPS) is 10.1. The Morgan fingerprint density at radius 2 is 2.19 bits per heavy atom. The maximum atomic E-state index is 11.5. The highest BCUT2D eigenvalue weighted by atomic mass is 16.5. The Kier molecular flexibility index (Phi) is 4.61. The number of nitrogens with one attached hydrogen (secondary N) is 1. The summed E-state index contributed by atoms with van der Waals surface area (Å²) in [4.78, 5) is 15.6. The lowest BCUT2D eigenvalue weighted by Gasteiger charge is -2.09. The van der Waals surface area contributed by atoms with Crippen molar-refractivity contribution < 1.29 is 14.6 Å². The first-order chi connectivity index (χ1) is 10.1. The van der Waals surface area contributed by atoms with Crippen molar-refractivity contribution in [2.24, 2.45) is 0 Å². The number of carbonyl (C=O) groups excluding carboxylic acids is 1. The molecule has 0 saturated heterocycles. The third-order valence-electron chi connectivity index (χ3n) is 2.84.